The maximum atomic E-state index is 12.9. The number of benzene rings is 2. The Morgan fingerprint density at radius 1 is 1.00 bits per heavy atom. The number of nitrogens with zero attached hydrogens (tertiary/aromatic N) is 3. The highest BCUT2D eigenvalue weighted by atomic mass is 19.4. The summed E-state index contributed by atoms with van der Waals surface area (Å²) in [5.41, 5.74) is 1.96. The fraction of sp³-hybridized carbons (Fsp3) is 0.304. The molecule has 0 unspecified atom stereocenters. The lowest BCUT2D eigenvalue weighted by Crippen LogP contribution is -2.53. The molecule has 3 aromatic rings. The lowest BCUT2D eigenvalue weighted by Gasteiger charge is -2.31. The highest BCUT2D eigenvalue weighted by molar-refractivity contribution is 5.97. The van der Waals surface area contributed by atoms with Crippen LogP contribution in [0.2, 0.25) is 0 Å². The highest BCUT2D eigenvalue weighted by Gasteiger charge is 2.38. The standard InChI is InChI=1S/C23H21F3N4O3/c24-23(25,26)22-29-28-20(33-22)17-9-6-16(7-10-17)14-30(21(32)18-12-27-13-18)19(31)11-8-15-4-2-1-3-5-15/h1-7,9-10,18,27H,8,11-14H2. The third kappa shape index (κ3) is 5.46. The van der Waals surface area contributed by atoms with Crippen LogP contribution in [0.25, 0.3) is 11.5 Å². The number of nitrogens with one attached hydrogen (secondary N) is 1. The first-order valence-electron chi connectivity index (χ1n) is 10.4. The molecule has 0 aliphatic carbocycles. The lowest BCUT2D eigenvalue weighted by atomic mass is 10.0. The fourth-order valence-corrected chi connectivity index (χ4v) is 3.39. The number of imide groups is 1. The second kappa shape index (κ2) is 9.53. The molecule has 2 aromatic carbocycles. The zero-order valence-electron chi connectivity index (χ0n) is 17.5. The molecular formula is C23H21F3N4O3. The Bertz CT molecular complexity index is 1110. The minimum atomic E-state index is -4.72. The summed E-state index contributed by atoms with van der Waals surface area (Å²) in [6, 6.07) is 15.8. The van der Waals surface area contributed by atoms with Crippen molar-refractivity contribution in [3.8, 4) is 11.5 Å². The van der Waals surface area contributed by atoms with Crippen LogP contribution < -0.4 is 5.32 Å². The van der Waals surface area contributed by atoms with E-state index in [1.54, 1.807) is 12.1 Å². The van der Waals surface area contributed by atoms with Gasteiger partial charge in [-0.2, -0.15) is 13.2 Å². The molecule has 33 heavy (non-hydrogen) atoms. The zero-order valence-corrected chi connectivity index (χ0v) is 17.5. The molecule has 0 saturated carbocycles. The number of aromatic nitrogens is 2. The van der Waals surface area contributed by atoms with Crippen molar-refractivity contribution in [2.75, 3.05) is 13.1 Å². The number of hydrogen-bond acceptors (Lipinski definition) is 6. The van der Waals surface area contributed by atoms with Crippen LogP contribution in [-0.4, -0.2) is 40.0 Å². The van der Waals surface area contributed by atoms with Crippen molar-refractivity contribution in [2.24, 2.45) is 5.92 Å². The molecule has 2 amide bonds. The maximum Gasteiger partial charge on any atom is 0.470 e. The van der Waals surface area contributed by atoms with Crippen molar-refractivity contribution in [3.63, 3.8) is 0 Å². The zero-order chi connectivity index (χ0) is 23.4. The monoisotopic (exact) mass is 458 g/mol. The average molecular weight is 458 g/mol. The molecule has 0 radical (unpaired) electrons. The van der Waals surface area contributed by atoms with Crippen LogP contribution in [0.5, 0.6) is 0 Å². The number of rotatable bonds is 7. The summed E-state index contributed by atoms with van der Waals surface area (Å²) in [5.74, 6) is -2.43. The summed E-state index contributed by atoms with van der Waals surface area (Å²) < 4.78 is 42.7. The van der Waals surface area contributed by atoms with E-state index in [4.69, 9.17) is 0 Å². The van der Waals surface area contributed by atoms with E-state index in [2.05, 4.69) is 19.9 Å². The smallest absolute Gasteiger partial charge is 0.413 e. The molecule has 1 aromatic heterocycles. The first-order valence-corrected chi connectivity index (χ1v) is 10.4. The predicted molar refractivity (Wildman–Crippen MR) is 111 cm³/mol. The van der Waals surface area contributed by atoms with E-state index in [1.165, 1.54) is 17.0 Å². The molecule has 10 heteroatoms. The van der Waals surface area contributed by atoms with E-state index < -0.39 is 12.1 Å². The third-order valence-corrected chi connectivity index (χ3v) is 5.38. The Balaban J connectivity index is 1.46. The number of aryl methyl sites for hydroxylation is 1. The van der Waals surface area contributed by atoms with Gasteiger partial charge in [0.25, 0.3) is 0 Å². The van der Waals surface area contributed by atoms with Crippen molar-refractivity contribution in [1.29, 1.82) is 0 Å². The molecule has 0 atom stereocenters. The summed E-state index contributed by atoms with van der Waals surface area (Å²) >= 11 is 0. The molecule has 1 saturated heterocycles. The molecule has 0 bridgehead atoms. The molecule has 7 nitrogen and oxygen atoms in total. The quantitative estimate of drug-likeness (QED) is 0.584. The maximum absolute atomic E-state index is 12.9. The molecule has 1 N–H and O–H groups in total. The second-order valence-electron chi connectivity index (χ2n) is 7.77. The van der Waals surface area contributed by atoms with Crippen LogP contribution >= 0.6 is 0 Å². The second-order valence-corrected chi connectivity index (χ2v) is 7.77. The predicted octanol–water partition coefficient (Wildman–Crippen LogP) is 3.46. The number of amides is 2. The Morgan fingerprint density at radius 2 is 1.70 bits per heavy atom. The van der Waals surface area contributed by atoms with E-state index in [9.17, 15) is 22.8 Å². The third-order valence-electron chi connectivity index (χ3n) is 5.38. The van der Waals surface area contributed by atoms with Crippen LogP contribution in [0.4, 0.5) is 13.2 Å². The van der Waals surface area contributed by atoms with Crippen LogP contribution in [0.1, 0.15) is 23.4 Å². The number of carbonyl (C=O) groups excluding carboxylic acids is 2. The summed E-state index contributed by atoms with van der Waals surface area (Å²) in [7, 11) is 0. The Labute approximate surface area is 187 Å². The van der Waals surface area contributed by atoms with Crippen LogP contribution in [0, 0.1) is 5.92 Å². The summed E-state index contributed by atoms with van der Waals surface area (Å²) in [5, 5.41) is 9.48. The van der Waals surface area contributed by atoms with Gasteiger partial charge in [-0.25, -0.2) is 0 Å². The van der Waals surface area contributed by atoms with Crippen molar-refractivity contribution in [1.82, 2.24) is 20.4 Å². The number of alkyl halides is 3. The molecule has 0 spiro atoms. The summed E-state index contributed by atoms with van der Waals surface area (Å²) in [4.78, 5) is 27.1. The van der Waals surface area contributed by atoms with Gasteiger partial charge in [-0.15, -0.1) is 10.2 Å². The van der Waals surface area contributed by atoms with E-state index in [-0.39, 0.29) is 36.6 Å². The van der Waals surface area contributed by atoms with Crippen molar-refractivity contribution in [3.05, 3.63) is 71.6 Å². The minimum Gasteiger partial charge on any atom is -0.413 e. The average Bonchev–Trinajstić information content (AvgIpc) is 3.27. The van der Waals surface area contributed by atoms with Gasteiger partial charge in [0.15, 0.2) is 0 Å². The lowest BCUT2D eigenvalue weighted by molar-refractivity contribution is -0.157. The number of carbonyl (C=O) groups is 2. The van der Waals surface area contributed by atoms with E-state index >= 15 is 0 Å². The minimum absolute atomic E-state index is 0.0703. The topological polar surface area (TPSA) is 88.3 Å². The largest absolute Gasteiger partial charge is 0.470 e. The number of halogens is 3. The fourth-order valence-electron chi connectivity index (χ4n) is 3.39. The van der Waals surface area contributed by atoms with Crippen LogP contribution in [0.3, 0.4) is 0 Å². The Kier molecular flexibility index (Phi) is 6.55. The van der Waals surface area contributed by atoms with Gasteiger partial charge < -0.3 is 9.73 Å². The van der Waals surface area contributed by atoms with Crippen molar-refractivity contribution >= 4 is 11.8 Å². The van der Waals surface area contributed by atoms with E-state index in [0.717, 1.165) is 5.56 Å². The summed E-state index contributed by atoms with van der Waals surface area (Å²) in [6.07, 6.45) is -4.01. The van der Waals surface area contributed by atoms with Gasteiger partial charge in [-0.05, 0) is 29.7 Å². The van der Waals surface area contributed by atoms with Crippen LogP contribution in [-0.2, 0) is 28.7 Å². The molecule has 1 aliphatic heterocycles. The van der Waals surface area contributed by atoms with Crippen LogP contribution in [0.15, 0.2) is 59.0 Å². The Morgan fingerprint density at radius 3 is 2.27 bits per heavy atom. The van der Waals surface area contributed by atoms with Gasteiger partial charge in [0.2, 0.25) is 17.7 Å². The van der Waals surface area contributed by atoms with Gasteiger partial charge in [-0.1, -0.05) is 42.5 Å². The molecular weight excluding hydrogens is 437 g/mol. The van der Waals surface area contributed by atoms with Gasteiger partial charge in [0, 0.05) is 25.1 Å². The van der Waals surface area contributed by atoms with Gasteiger partial charge in [-0.3, -0.25) is 14.5 Å². The SMILES string of the molecule is O=C(CCc1ccccc1)N(Cc1ccc(-c2nnc(C(F)(F)F)o2)cc1)C(=O)C1CNC1. The number of hydrogen-bond donors (Lipinski definition) is 1. The Hall–Kier alpha value is -3.53. The first-order chi connectivity index (χ1) is 15.8. The van der Waals surface area contributed by atoms with E-state index in [0.29, 0.717) is 30.6 Å². The molecule has 4 rings (SSSR count). The molecule has 1 fully saturated rings. The summed E-state index contributed by atoms with van der Waals surface area (Å²) in [6.45, 7) is 1.12. The normalized spacial score (nSPS) is 14.0. The molecule has 1 aliphatic rings. The highest BCUT2D eigenvalue weighted by Crippen LogP contribution is 2.30. The molecule has 2 heterocycles. The van der Waals surface area contributed by atoms with Gasteiger partial charge >= 0.3 is 12.1 Å². The van der Waals surface area contributed by atoms with Gasteiger partial charge in [0.05, 0.1) is 12.5 Å². The molecule has 172 valence electrons. The van der Waals surface area contributed by atoms with E-state index in [1.807, 2.05) is 30.3 Å². The van der Waals surface area contributed by atoms with Crippen molar-refractivity contribution < 1.29 is 27.2 Å². The van der Waals surface area contributed by atoms with Gasteiger partial charge in [0.1, 0.15) is 0 Å². The van der Waals surface area contributed by atoms with Crippen molar-refractivity contribution in [2.45, 2.75) is 25.6 Å². The first kappa shape index (κ1) is 22.7.